The summed E-state index contributed by atoms with van der Waals surface area (Å²) in [5.74, 6) is -0.363. The van der Waals surface area contributed by atoms with E-state index in [1.165, 1.54) is 0 Å². The molecule has 1 unspecified atom stereocenters. The van der Waals surface area contributed by atoms with Crippen molar-refractivity contribution in [3.63, 3.8) is 0 Å². The van der Waals surface area contributed by atoms with Crippen LogP contribution in [0.3, 0.4) is 0 Å². The molecular weight excluding hydrogens is 190 g/mol. The van der Waals surface area contributed by atoms with Crippen LogP contribution in [0.1, 0.15) is 34.6 Å². The zero-order valence-corrected chi connectivity index (χ0v) is 10.4. The maximum absolute atomic E-state index is 10.6. The van der Waals surface area contributed by atoms with E-state index < -0.39 is 5.97 Å². The van der Waals surface area contributed by atoms with Gasteiger partial charge in [0.25, 0.3) is 0 Å². The molecular formula is C12H23NO2. The lowest BCUT2D eigenvalue weighted by Gasteiger charge is -2.08. The Morgan fingerprint density at radius 2 is 1.80 bits per heavy atom. The number of carbonyl (C=O) groups is 1. The Labute approximate surface area is 92.3 Å². The van der Waals surface area contributed by atoms with Gasteiger partial charge in [-0.3, -0.25) is 4.79 Å². The summed E-state index contributed by atoms with van der Waals surface area (Å²) in [6.45, 7) is 12.3. The molecule has 3 heteroatoms. The monoisotopic (exact) mass is 213 g/mol. The molecule has 0 amide bonds. The first-order chi connectivity index (χ1) is 6.71. The van der Waals surface area contributed by atoms with Gasteiger partial charge in [-0.05, 0) is 23.3 Å². The van der Waals surface area contributed by atoms with Gasteiger partial charge in [0.2, 0.25) is 0 Å². The quantitative estimate of drug-likeness (QED) is 0.734. The van der Waals surface area contributed by atoms with E-state index in [9.17, 15) is 4.79 Å². The Balaban J connectivity index is 2.27. The summed E-state index contributed by atoms with van der Waals surface area (Å²) in [5, 5.41) is 12.0. The van der Waals surface area contributed by atoms with Crippen LogP contribution in [0.4, 0.5) is 0 Å². The van der Waals surface area contributed by atoms with Crippen LogP contribution < -0.4 is 5.32 Å². The van der Waals surface area contributed by atoms with Gasteiger partial charge in [0.15, 0.2) is 0 Å². The molecule has 1 fully saturated rings. The van der Waals surface area contributed by atoms with Crippen LogP contribution in [-0.4, -0.2) is 24.2 Å². The summed E-state index contributed by atoms with van der Waals surface area (Å²) in [4.78, 5) is 10.6. The molecule has 3 nitrogen and oxygen atoms in total. The Hall–Kier alpha value is -0.570. The number of hydrogen-bond donors (Lipinski definition) is 2. The van der Waals surface area contributed by atoms with Crippen LogP contribution >= 0.6 is 0 Å². The first kappa shape index (κ1) is 12.5. The minimum Gasteiger partial charge on any atom is -0.481 e. The van der Waals surface area contributed by atoms with Gasteiger partial charge < -0.3 is 10.4 Å². The minimum absolute atomic E-state index is 0.296. The van der Waals surface area contributed by atoms with E-state index in [0.717, 1.165) is 6.54 Å². The highest BCUT2D eigenvalue weighted by Gasteiger charge is 2.63. The molecule has 0 radical (unpaired) electrons. The predicted molar refractivity (Wildman–Crippen MR) is 60.7 cm³/mol. The second-order valence-corrected chi connectivity index (χ2v) is 5.89. The molecule has 1 aliphatic carbocycles. The number of hydrogen-bond acceptors (Lipinski definition) is 2. The zero-order chi connectivity index (χ0) is 11.9. The van der Waals surface area contributed by atoms with Crippen molar-refractivity contribution in [3.8, 4) is 0 Å². The molecule has 88 valence electrons. The van der Waals surface area contributed by atoms with E-state index in [1.807, 2.05) is 0 Å². The third-order valence-electron chi connectivity index (χ3n) is 4.54. The first-order valence-electron chi connectivity index (χ1n) is 5.64. The number of rotatable bonds is 5. The molecule has 0 heterocycles. The molecule has 15 heavy (non-hydrogen) atoms. The van der Waals surface area contributed by atoms with Gasteiger partial charge in [-0.15, -0.1) is 0 Å². The van der Waals surface area contributed by atoms with Crippen molar-refractivity contribution in [2.45, 2.75) is 34.6 Å². The number of aliphatic carboxylic acids is 1. The van der Waals surface area contributed by atoms with Gasteiger partial charge in [-0.25, -0.2) is 0 Å². The van der Waals surface area contributed by atoms with Gasteiger partial charge >= 0.3 is 5.97 Å². The Kier molecular flexibility index (Phi) is 3.15. The molecule has 0 spiro atoms. The third kappa shape index (κ3) is 2.17. The molecule has 1 atom stereocenters. The van der Waals surface area contributed by atoms with Gasteiger partial charge in [-0.2, -0.15) is 0 Å². The largest absolute Gasteiger partial charge is 0.481 e. The van der Waals surface area contributed by atoms with Crippen molar-refractivity contribution in [2.75, 3.05) is 13.1 Å². The van der Waals surface area contributed by atoms with E-state index in [4.69, 9.17) is 5.11 Å². The van der Waals surface area contributed by atoms with E-state index in [1.54, 1.807) is 6.92 Å². The van der Waals surface area contributed by atoms with E-state index >= 15 is 0 Å². The summed E-state index contributed by atoms with van der Waals surface area (Å²) in [7, 11) is 0. The summed E-state index contributed by atoms with van der Waals surface area (Å²) in [6.07, 6.45) is 0. The van der Waals surface area contributed by atoms with Crippen LogP contribution in [-0.2, 0) is 4.79 Å². The van der Waals surface area contributed by atoms with Crippen molar-refractivity contribution in [3.05, 3.63) is 0 Å². The van der Waals surface area contributed by atoms with Gasteiger partial charge in [0.1, 0.15) is 0 Å². The second kappa shape index (κ2) is 3.78. The van der Waals surface area contributed by atoms with Gasteiger partial charge in [-0.1, -0.05) is 34.6 Å². The summed E-state index contributed by atoms with van der Waals surface area (Å²) in [6, 6.07) is 0. The van der Waals surface area contributed by atoms with Crippen LogP contribution in [0, 0.1) is 22.7 Å². The van der Waals surface area contributed by atoms with Gasteiger partial charge in [0.05, 0.1) is 5.92 Å². The summed E-state index contributed by atoms with van der Waals surface area (Å²) in [5.41, 5.74) is 0.763. The number of carboxylic acid groups (broad SMARTS) is 1. The fraction of sp³-hybridized carbons (Fsp3) is 0.917. The Morgan fingerprint density at radius 3 is 2.13 bits per heavy atom. The number of carboxylic acids is 1. The molecule has 0 aromatic heterocycles. The minimum atomic E-state index is -0.725. The summed E-state index contributed by atoms with van der Waals surface area (Å²) < 4.78 is 0. The maximum atomic E-state index is 10.6. The summed E-state index contributed by atoms with van der Waals surface area (Å²) >= 11 is 0. The zero-order valence-electron chi connectivity index (χ0n) is 10.4. The lowest BCUT2D eigenvalue weighted by Crippen LogP contribution is -2.28. The van der Waals surface area contributed by atoms with Crippen LogP contribution in [0.5, 0.6) is 0 Å². The van der Waals surface area contributed by atoms with Crippen molar-refractivity contribution in [1.82, 2.24) is 5.32 Å². The SMILES string of the molecule is CC(CNCC1C(C)(C)C1(C)C)C(=O)O. The highest BCUT2D eigenvalue weighted by molar-refractivity contribution is 5.69. The highest BCUT2D eigenvalue weighted by Crippen LogP contribution is 2.67. The lowest BCUT2D eigenvalue weighted by molar-refractivity contribution is -0.140. The molecule has 0 aromatic rings. The number of nitrogens with one attached hydrogen (secondary N) is 1. The average molecular weight is 213 g/mol. The highest BCUT2D eigenvalue weighted by atomic mass is 16.4. The fourth-order valence-electron chi connectivity index (χ4n) is 2.37. The predicted octanol–water partition coefficient (Wildman–Crippen LogP) is 1.98. The molecule has 0 saturated heterocycles. The first-order valence-corrected chi connectivity index (χ1v) is 5.64. The lowest BCUT2D eigenvalue weighted by atomic mass is 10.0. The molecule has 0 aliphatic heterocycles. The Bertz CT molecular complexity index is 244. The standard InChI is InChI=1S/C12H23NO2/c1-8(10(14)15)6-13-7-9-11(2,3)12(9,4)5/h8-9,13H,6-7H2,1-5H3,(H,14,15). The molecule has 2 N–H and O–H groups in total. The van der Waals surface area contributed by atoms with Crippen molar-refractivity contribution < 1.29 is 9.90 Å². The molecule has 0 aromatic carbocycles. The van der Waals surface area contributed by atoms with E-state index in [-0.39, 0.29) is 5.92 Å². The average Bonchev–Trinajstić information content (AvgIpc) is 2.46. The smallest absolute Gasteiger partial charge is 0.307 e. The Morgan fingerprint density at radius 1 is 1.33 bits per heavy atom. The molecule has 1 rings (SSSR count). The third-order valence-corrected chi connectivity index (χ3v) is 4.54. The second-order valence-electron chi connectivity index (χ2n) is 5.89. The molecule has 1 aliphatic rings. The van der Waals surface area contributed by atoms with Crippen molar-refractivity contribution in [2.24, 2.45) is 22.7 Å². The van der Waals surface area contributed by atoms with E-state index in [2.05, 4.69) is 33.0 Å². The normalized spacial score (nSPS) is 24.9. The van der Waals surface area contributed by atoms with Crippen LogP contribution in [0.2, 0.25) is 0 Å². The van der Waals surface area contributed by atoms with Crippen molar-refractivity contribution >= 4 is 5.97 Å². The van der Waals surface area contributed by atoms with Crippen LogP contribution in [0.25, 0.3) is 0 Å². The molecule has 0 bridgehead atoms. The molecule has 1 saturated carbocycles. The maximum Gasteiger partial charge on any atom is 0.307 e. The van der Waals surface area contributed by atoms with Gasteiger partial charge in [0, 0.05) is 6.54 Å². The van der Waals surface area contributed by atoms with E-state index in [0.29, 0.717) is 23.3 Å². The fourth-order valence-corrected chi connectivity index (χ4v) is 2.37. The van der Waals surface area contributed by atoms with Crippen LogP contribution in [0.15, 0.2) is 0 Å². The topological polar surface area (TPSA) is 49.3 Å². The van der Waals surface area contributed by atoms with Crippen molar-refractivity contribution in [1.29, 1.82) is 0 Å².